The van der Waals surface area contributed by atoms with Gasteiger partial charge in [0.05, 0.1) is 24.4 Å². The van der Waals surface area contributed by atoms with Gasteiger partial charge in [-0.25, -0.2) is 0 Å². The van der Waals surface area contributed by atoms with Crippen LogP contribution in [0, 0.1) is 11.8 Å². The summed E-state index contributed by atoms with van der Waals surface area (Å²) in [5.41, 5.74) is -0.0398. The molecular formula is C26H27N3O4. The van der Waals surface area contributed by atoms with E-state index in [9.17, 15) is 19.2 Å². The molecule has 2 aromatic rings. The molecule has 0 saturated carbocycles. The lowest BCUT2D eigenvalue weighted by Crippen LogP contribution is -2.69. The Hall–Kier alpha value is -3.48. The summed E-state index contributed by atoms with van der Waals surface area (Å²) in [6, 6.07) is 17.6. The molecule has 3 aliphatic rings. The second kappa shape index (κ2) is 7.83. The molecule has 2 aromatic carbocycles. The van der Waals surface area contributed by atoms with Crippen LogP contribution in [0.2, 0.25) is 0 Å². The molecule has 0 aromatic heterocycles. The summed E-state index contributed by atoms with van der Waals surface area (Å²) in [7, 11) is 0. The molecule has 0 aliphatic carbocycles. The third-order valence-corrected chi connectivity index (χ3v) is 7.54. The summed E-state index contributed by atoms with van der Waals surface area (Å²) in [6.45, 7) is 4.63. The van der Waals surface area contributed by atoms with Crippen molar-refractivity contribution in [3.63, 3.8) is 0 Å². The largest absolute Gasteiger partial charge is 0.339 e. The molecule has 0 N–H and O–H groups in total. The van der Waals surface area contributed by atoms with Gasteiger partial charge in [0.15, 0.2) is 0 Å². The number of rotatable bonds is 5. The Morgan fingerprint density at radius 3 is 2.18 bits per heavy atom. The highest BCUT2D eigenvalue weighted by Gasteiger charge is 2.74. The average molecular weight is 446 g/mol. The smallest absolute Gasteiger partial charge is 0.255 e. The molecular weight excluding hydrogens is 418 g/mol. The molecule has 0 spiro atoms. The molecule has 5 rings (SSSR count). The Kier molecular flexibility index (Phi) is 5.07. The highest BCUT2D eigenvalue weighted by molar-refractivity contribution is 6.13. The Morgan fingerprint density at radius 2 is 1.58 bits per heavy atom. The number of likely N-dealkylation sites (N-methyl/N-ethyl adjacent to an activating group) is 1. The number of amides is 4. The van der Waals surface area contributed by atoms with Gasteiger partial charge in [-0.15, -0.1) is 0 Å². The first-order valence-corrected chi connectivity index (χ1v) is 11.5. The standard InChI is InChI=1S/C26H27N3O4/c1-3-26-21-20(23(31)28(24(21)32)15-17-11-7-5-8-12-17)19(16-27(4-2)25(26)33)29(26)22(30)18-13-9-6-10-14-18/h5-14,19-21H,3-4,15-16H2,1-2H3/t19?,20?,21?,26-/m1/s1. The number of hydrogen-bond acceptors (Lipinski definition) is 4. The normalized spacial score (nSPS) is 28.5. The fraction of sp³-hybridized carbons (Fsp3) is 0.385. The van der Waals surface area contributed by atoms with Crippen molar-refractivity contribution in [3.05, 3.63) is 71.8 Å². The summed E-state index contributed by atoms with van der Waals surface area (Å²) in [5, 5.41) is 0. The summed E-state index contributed by atoms with van der Waals surface area (Å²) in [5.74, 6) is -2.74. The minimum absolute atomic E-state index is 0.177. The first-order chi connectivity index (χ1) is 16.0. The van der Waals surface area contributed by atoms with E-state index in [1.807, 2.05) is 50.2 Å². The van der Waals surface area contributed by atoms with Crippen LogP contribution in [0.25, 0.3) is 0 Å². The van der Waals surface area contributed by atoms with E-state index < -0.39 is 23.4 Å². The lowest BCUT2D eigenvalue weighted by atomic mass is 9.78. The summed E-state index contributed by atoms with van der Waals surface area (Å²) in [6.07, 6.45) is 0.275. The molecule has 7 heteroatoms. The number of benzene rings is 2. The van der Waals surface area contributed by atoms with Gasteiger partial charge in [-0.3, -0.25) is 24.1 Å². The Labute approximate surface area is 193 Å². The van der Waals surface area contributed by atoms with E-state index in [1.165, 1.54) is 4.90 Å². The first kappa shape index (κ1) is 21.4. The molecule has 170 valence electrons. The van der Waals surface area contributed by atoms with Gasteiger partial charge >= 0.3 is 0 Å². The molecule has 33 heavy (non-hydrogen) atoms. The van der Waals surface area contributed by atoms with E-state index in [1.54, 1.807) is 34.1 Å². The zero-order valence-electron chi connectivity index (χ0n) is 18.8. The van der Waals surface area contributed by atoms with Crippen molar-refractivity contribution >= 4 is 23.6 Å². The predicted molar refractivity (Wildman–Crippen MR) is 121 cm³/mol. The van der Waals surface area contributed by atoms with Crippen LogP contribution >= 0.6 is 0 Å². The maximum Gasteiger partial charge on any atom is 0.255 e. The Bertz CT molecular complexity index is 1120. The van der Waals surface area contributed by atoms with Crippen LogP contribution in [-0.4, -0.2) is 63.0 Å². The van der Waals surface area contributed by atoms with Crippen molar-refractivity contribution in [2.45, 2.75) is 38.4 Å². The SMILES string of the molecule is CCN1CC2C3C(=O)N(Cc4ccccc4)C(=O)C3[C@](CC)(C1=O)N2C(=O)c1ccccc1. The quantitative estimate of drug-likeness (QED) is 0.662. The summed E-state index contributed by atoms with van der Waals surface area (Å²) < 4.78 is 0. The van der Waals surface area contributed by atoms with E-state index in [-0.39, 0.29) is 43.1 Å². The van der Waals surface area contributed by atoms with Crippen LogP contribution in [0.4, 0.5) is 0 Å². The number of imide groups is 1. The van der Waals surface area contributed by atoms with Crippen molar-refractivity contribution in [2.24, 2.45) is 11.8 Å². The van der Waals surface area contributed by atoms with Gasteiger partial charge in [-0.2, -0.15) is 0 Å². The highest BCUT2D eigenvalue weighted by Crippen LogP contribution is 2.54. The number of piperazine rings is 1. The number of carbonyl (C=O) groups excluding carboxylic acids is 4. The van der Waals surface area contributed by atoms with Crippen LogP contribution < -0.4 is 0 Å². The fourth-order valence-electron chi connectivity index (χ4n) is 6.05. The van der Waals surface area contributed by atoms with E-state index in [0.717, 1.165) is 5.56 Å². The van der Waals surface area contributed by atoms with Gasteiger partial charge in [0, 0.05) is 18.7 Å². The fourth-order valence-corrected chi connectivity index (χ4v) is 6.05. The molecule has 4 atom stereocenters. The molecule has 3 aliphatic heterocycles. The van der Waals surface area contributed by atoms with E-state index >= 15 is 0 Å². The molecule has 3 unspecified atom stereocenters. The minimum Gasteiger partial charge on any atom is -0.339 e. The molecule has 4 amide bonds. The van der Waals surface area contributed by atoms with Crippen molar-refractivity contribution in [3.8, 4) is 0 Å². The van der Waals surface area contributed by atoms with Crippen LogP contribution in [0.3, 0.4) is 0 Å². The number of likely N-dealkylation sites (tertiary alicyclic amines) is 2. The second-order valence-electron chi connectivity index (χ2n) is 8.98. The molecule has 0 radical (unpaired) electrons. The molecule has 3 fully saturated rings. The van der Waals surface area contributed by atoms with Crippen LogP contribution in [-0.2, 0) is 20.9 Å². The number of nitrogens with zero attached hydrogens (tertiary/aromatic N) is 3. The first-order valence-electron chi connectivity index (χ1n) is 11.5. The predicted octanol–water partition coefficient (Wildman–Crippen LogP) is 2.32. The third-order valence-electron chi connectivity index (χ3n) is 7.54. The van der Waals surface area contributed by atoms with Gasteiger partial charge in [0.2, 0.25) is 17.7 Å². The topological polar surface area (TPSA) is 78.0 Å². The zero-order chi connectivity index (χ0) is 23.3. The maximum atomic E-state index is 13.8. The van der Waals surface area contributed by atoms with Crippen molar-refractivity contribution in [1.82, 2.24) is 14.7 Å². The molecule has 7 nitrogen and oxygen atoms in total. The zero-order valence-corrected chi connectivity index (χ0v) is 18.8. The molecule has 3 heterocycles. The van der Waals surface area contributed by atoms with E-state index in [2.05, 4.69) is 0 Å². The van der Waals surface area contributed by atoms with E-state index in [4.69, 9.17) is 0 Å². The lowest BCUT2D eigenvalue weighted by Gasteiger charge is -2.49. The van der Waals surface area contributed by atoms with Gasteiger partial charge in [0.25, 0.3) is 5.91 Å². The number of fused-ring (bicyclic) bond motifs is 5. The minimum atomic E-state index is -1.35. The second-order valence-corrected chi connectivity index (χ2v) is 8.98. The third kappa shape index (κ3) is 2.88. The van der Waals surface area contributed by atoms with Crippen LogP contribution in [0.15, 0.2) is 60.7 Å². The molecule has 3 saturated heterocycles. The Balaban J connectivity index is 1.60. The number of carbonyl (C=O) groups is 4. The highest BCUT2D eigenvalue weighted by atomic mass is 16.2. The maximum absolute atomic E-state index is 13.8. The van der Waals surface area contributed by atoms with Crippen LogP contribution in [0.1, 0.15) is 36.2 Å². The van der Waals surface area contributed by atoms with Crippen molar-refractivity contribution in [2.75, 3.05) is 13.1 Å². The van der Waals surface area contributed by atoms with Gasteiger partial charge in [-0.1, -0.05) is 55.5 Å². The summed E-state index contributed by atoms with van der Waals surface area (Å²) >= 11 is 0. The van der Waals surface area contributed by atoms with Crippen molar-refractivity contribution < 1.29 is 19.2 Å². The van der Waals surface area contributed by atoms with Crippen molar-refractivity contribution in [1.29, 1.82) is 0 Å². The van der Waals surface area contributed by atoms with Gasteiger partial charge < -0.3 is 9.80 Å². The molecule has 2 bridgehead atoms. The number of hydrogen-bond donors (Lipinski definition) is 0. The monoisotopic (exact) mass is 445 g/mol. The summed E-state index contributed by atoms with van der Waals surface area (Å²) in [4.78, 5) is 59.5. The van der Waals surface area contributed by atoms with E-state index in [0.29, 0.717) is 12.1 Å². The van der Waals surface area contributed by atoms with Gasteiger partial charge in [0.1, 0.15) is 5.54 Å². The Morgan fingerprint density at radius 1 is 0.939 bits per heavy atom. The van der Waals surface area contributed by atoms with Crippen LogP contribution in [0.5, 0.6) is 0 Å². The van der Waals surface area contributed by atoms with Gasteiger partial charge in [-0.05, 0) is 31.0 Å². The lowest BCUT2D eigenvalue weighted by molar-refractivity contribution is -0.157. The average Bonchev–Trinajstić information content (AvgIpc) is 3.24.